The number of benzene rings is 2. The number of halogens is 2. The second-order valence-corrected chi connectivity index (χ2v) is 7.14. The maximum Gasteiger partial charge on any atom is 0.338 e. The lowest BCUT2D eigenvalue weighted by molar-refractivity contribution is 0.0527. The van der Waals surface area contributed by atoms with Gasteiger partial charge in [0.15, 0.2) is 0 Å². The summed E-state index contributed by atoms with van der Waals surface area (Å²) in [7, 11) is 1.49. The number of carbonyl (C=O) groups is 1. The molecule has 156 valence electrons. The summed E-state index contributed by atoms with van der Waals surface area (Å²) in [6.45, 7) is 2.63. The van der Waals surface area contributed by atoms with E-state index in [1.54, 1.807) is 37.4 Å². The maximum atomic E-state index is 12.4. The normalized spacial score (nSPS) is 10.5. The number of aromatic nitrogens is 2. The van der Waals surface area contributed by atoms with E-state index in [1.807, 2.05) is 18.2 Å². The van der Waals surface area contributed by atoms with Crippen LogP contribution in [-0.2, 0) is 11.2 Å². The second-order valence-electron chi connectivity index (χ2n) is 6.30. The third kappa shape index (κ3) is 5.20. The van der Waals surface area contributed by atoms with Crippen molar-refractivity contribution in [3.63, 3.8) is 0 Å². The number of methoxy groups -OCH3 is 1. The Hall–Kier alpha value is -2.83. The summed E-state index contributed by atoms with van der Waals surface area (Å²) < 4.78 is 10.4. The van der Waals surface area contributed by atoms with Crippen LogP contribution in [0.25, 0.3) is 11.3 Å². The molecule has 0 saturated carbocycles. The number of ether oxygens (including phenoxy) is 2. The van der Waals surface area contributed by atoms with Crippen molar-refractivity contribution in [2.24, 2.45) is 0 Å². The van der Waals surface area contributed by atoms with E-state index in [1.165, 1.54) is 7.11 Å². The van der Waals surface area contributed by atoms with Crippen LogP contribution in [0.15, 0.2) is 48.7 Å². The number of nitrogens with zero attached hydrogens (tertiary/aromatic N) is 2. The standard InChI is InChI=1S/C22H21Cl2N3O3/c1-3-30-21(28)17-7-5-4-6-16(17)20-19(13-26-22(27-20)29-2)25-11-10-14-8-9-15(23)12-18(14)24/h4-9,12-13,25H,3,10-11H2,1-2H3. The summed E-state index contributed by atoms with van der Waals surface area (Å²) in [5, 5.41) is 4.54. The zero-order valence-electron chi connectivity index (χ0n) is 16.6. The van der Waals surface area contributed by atoms with Gasteiger partial charge in [-0.1, -0.05) is 47.5 Å². The average molecular weight is 446 g/mol. The summed E-state index contributed by atoms with van der Waals surface area (Å²) >= 11 is 12.2. The van der Waals surface area contributed by atoms with E-state index in [-0.39, 0.29) is 12.6 Å². The molecule has 8 heteroatoms. The minimum Gasteiger partial charge on any atom is -0.467 e. The number of hydrogen-bond acceptors (Lipinski definition) is 6. The summed E-state index contributed by atoms with van der Waals surface area (Å²) in [6.07, 6.45) is 2.30. The summed E-state index contributed by atoms with van der Waals surface area (Å²) in [4.78, 5) is 21.1. The van der Waals surface area contributed by atoms with Crippen molar-refractivity contribution < 1.29 is 14.3 Å². The third-order valence-electron chi connectivity index (χ3n) is 4.35. The van der Waals surface area contributed by atoms with Crippen molar-refractivity contribution in [1.82, 2.24) is 9.97 Å². The first kappa shape index (κ1) is 21.9. The predicted molar refractivity (Wildman–Crippen MR) is 119 cm³/mol. The van der Waals surface area contributed by atoms with Crippen LogP contribution in [0.5, 0.6) is 6.01 Å². The lowest BCUT2D eigenvalue weighted by Crippen LogP contribution is -2.11. The molecule has 0 amide bonds. The van der Waals surface area contributed by atoms with Gasteiger partial charge in [-0.3, -0.25) is 0 Å². The highest BCUT2D eigenvalue weighted by Gasteiger charge is 2.18. The van der Waals surface area contributed by atoms with Crippen LogP contribution in [-0.4, -0.2) is 36.2 Å². The lowest BCUT2D eigenvalue weighted by Gasteiger charge is -2.15. The van der Waals surface area contributed by atoms with Crippen LogP contribution < -0.4 is 10.1 Å². The van der Waals surface area contributed by atoms with Gasteiger partial charge in [-0.05, 0) is 37.1 Å². The first-order valence-corrected chi connectivity index (χ1v) is 10.1. The highest BCUT2D eigenvalue weighted by atomic mass is 35.5. The van der Waals surface area contributed by atoms with Gasteiger partial charge in [0.2, 0.25) is 0 Å². The molecule has 1 heterocycles. The van der Waals surface area contributed by atoms with E-state index in [4.69, 9.17) is 32.7 Å². The van der Waals surface area contributed by atoms with E-state index in [0.29, 0.717) is 45.5 Å². The molecule has 0 spiro atoms. The Labute approximate surface area is 185 Å². The van der Waals surface area contributed by atoms with E-state index >= 15 is 0 Å². The number of esters is 1. The fraction of sp³-hybridized carbons (Fsp3) is 0.227. The summed E-state index contributed by atoms with van der Waals surface area (Å²) in [5.74, 6) is -0.412. The zero-order chi connectivity index (χ0) is 21.5. The first-order valence-electron chi connectivity index (χ1n) is 9.38. The second kappa shape index (κ2) is 10.3. The molecule has 0 unspecified atom stereocenters. The van der Waals surface area contributed by atoms with Crippen molar-refractivity contribution in [3.05, 3.63) is 69.8 Å². The number of hydrogen-bond donors (Lipinski definition) is 1. The molecular formula is C22H21Cl2N3O3. The first-order chi connectivity index (χ1) is 14.5. The number of nitrogens with one attached hydrogen (secondary N) is 1. The molecule has 0 atom stereocenters. The molecule has 0 radical (unpaired) electrons. The average Bonchev–Trinajstić information content (AvgIpc) is 2.75. The Morgan fingerprint density at radius 2 is 1.97 bits per heavy atom. The molecule has 3 aromatic rings. The number of anilines is 1. The van der Waals surface area contributed by atoms with E-state index in [0.717, 1.165) is 5.56 Å². The molecule has 0 fully saturated rings. The summed E-state index contributed by atoms with van der Waals surface area (Å²) in [5.41, 5.74) is 3.23. The fourth-order valence-corrected chi connectivity index (χ4v) is 3.43. The molecule has 30 heavy (non-hydrogen) atoms. The van der Waals surface area contributed by atoms with E-state index < -0.39 is 5.97 Å². The van der Waals surface area contributed by atoms with Crippen LogP contribution in [0.1, 0.15) is 22.8 Å². The van der Waals surface area contributed by atoms with Crippen molar-refractivity contribution in [1.29, 1.82) is 0 Å². The minimum absolute atomic E-state index is 0.204. The molecule has 2 aromatic carbocycles. The Kier molecular flexibility index (Phi) is 7.49. The van der Waals surface area contributed by atoms with Crippen LogP contribution >= 0.6 is 23.2 Å². The topological polar surface area (TPSA) is 73.3 Å². The van der Waals surface area contributed by atoms with Crippen LogP contribution in [0.3, 0.4) is 0 Å². The molecule has 0 bridgehead atoms. The smallest absolute Gasteiger partial charge is 0.338 e. The zero-order valence-corrected chi connectivity index (χ0v) is 18.1. The SMILES string of the molecule is CCOC(=O)c1ccccc1-c1nc(OC)ncc1NCCc1ccc(Cl)cc1Cl. The van der Waals surface area contributed by atoms with Gasteiger partial charge in [0.1, 0.15) is 5.69 Å². The molecule has 6 nitrogen and oxygen atoms in total. The van der Waals surface area contributed by atoms with Crippen LogP contribution in [0, 0.1) is 0 Å². The highest BCUT2D eigenvalue weighted by molar-refractivity contribution is 6.35. The number of rotatable bonds is 8. The Balaban J connectivity index is 1.89. The van der Waals surface area contributed by atoms with Gasteiger partial charge in [0.25, 0.3) is 0 Å². The maximum absolute atomic E-state index is 12.4. The largest absolute Gasteiger partial charge is 0.467 e. The molecule has 0 aliphatic rings. The van der Waals surface area contributed by atoms with Crippen LogP contribution in [0.4, 0.5) is 5.69 Å². The molecule has 3 rings (SSSR count). The minimum atomic E-state index is -0.412. The van der Waals surface area contributed by atoms with E-state index in [2.05, 4.69) is 15.3 Å². The molecule has 0 saturated heterocycles. The fourth-order valence-electron chi connectivity index (χ4n) is 2.93. The lowest BCUT2D eigenvalue weighted by atomic mass is 10.0. The van der Waals surface area contributed by atoms with Crippen molar-refractivity contribution in [2.75, 3.05) is 25.6 Å². The van der Waals surface area contributed by atoms with Crippen LogP contribution in [0.2, 0.25) is 10.0 Å². The monoisotopic (exact) mass is 445 g/mol. The van der Waals surface area contributed by atoms with Crippen molar-refractivity contribution in [2.45, 2.75) is 13.3 Å². The van der Waals surface area contributed by atoms with Gasteiger partial charge in [-0.15, -0.1) is 0 Å². The van der Waals surface area contributed by atoms with Gasteiger partial charge in [0.05, 0.1) is 31.2 Å². The molecule has 0 aliphatic carbocycles. The quantitative estimate of drug-likeness (QED) is 0.474. The van der Waals surface area contributed by atoms with Gasteiger partial charge in [-0.2, -0.15) is 4.98 Å². The van der Waals surface area contributed by atoms with Gasteiger partial charge in [-0.25, -0.2) is 9.78 Å². The Bertz CT molecular complexity index is 1040. The Morgan fingerprint density at radius 1 is 1.17 bits per heavy atom. The molecule has 1 aromatic heterocycles. The highest BCUT2D eigenvalue weighted by Crippen LogP contribution is 2.30. The Morgan fingerprint density at radius 3 is 2.70 bits per heavy atom. The van der Waals surface area contributed by atoms with E-state index in [9.17, 15) is 4.79 Å². The molecule has 0 aliphatic heterocycles. The third-order valence-corrected chi connectivity index (χ3v) is 4.94. The van der Waals surface area contributed by atoms with Gasteiger partial charge < -0.3 is 14.8 Å². The predicted octanol–water partition coefficient (Wildman–Crippen LogP) is 5.29. The van der Waals surface area contributed by atoms with Crippen molar-refractivity contribution in [3.8, 4) is 17.3 Å². The molecular weight excluding hydrogens is 425 g/mol. The number of carbonyl (C=O) groups excluding carboxylic acids is 1. The summed E-state index contributed by atoms with van der Waals surface area (Å²) in [6, 6.07) is 12.8. The van der Waals surface area contributed by atoms with Gasteiger partial charge >= 0.3 is 12.0 Å². The molecule has 1 N–H and O–H groups in total. The van der Waals surface area contributed by atoms with Gasteiger partial charge in [0, 0.05) is 22.2 Å². The van der Waals surface area contributed by atoms with Crippen molar-refractivity contribution >= 4 is 34.9 Å².